The zero-order chi connectivity index (χ0) is 17.1. The van der Waals surface area contributed by atoms with Crippen molar-refractivity contribution in [1.82, 2.24) is 15.5 Å². The molecule has 6 nitrogen and oxygen atoms in total. The summed E-state index contributed by atoms with van der Waals surface area (Å²) in [6.07, 6.45) is 1.60. The molecule has 1 amide bonds. The van der Waals surface area contributed by atoms with Crippen molar-refractivity contribution in [2.45, 2.75) is 52.1 Å². The SMILES string of the molecule is CC(C)c1nnc(CN[C@@H](C)c2ccc(N3CCCC3=O)cc2)o1. The van der Waals surface area contributed by atoms with E-state index < -0.39 is 0 Å². The molecule has 1 atom stereocenters. The van der Waals surface area contributed by atoms with E-state index in [0.29, 0.717) is 24.7 Å². The molecule has 1 fully saturated rings. The smallest absolute Gasteiger partial charge is 0.230 e. The van der Waals surface area contributed by atoms with Crippen LogP contribution in [0.5, 0.6) is 0 Å². The number of nitrogens with one attached hydrogen (secondary N) is 1. The fourth-order valence-corrected chi connectivity index (χ4v) is 2.79. The lowest BCUT2D eigenvalue weighted by Gasteiger charge is -2.18. The van der Waals surface area contributed by atoms with Gasteiger partial charge in [-0.25, -0.2) is 0 Å². The highest BCUT2D eigenvalue weighted by Gasteiger charge is 2.21. The number of hydrogen-bond donors (Lipinski definition) is 1. The Morgan fingerprint density at radius 3 is 2.54 bits per heavy atom. The highest BCUT2D eigenvalue weighted by molar-refractivity contribution is 5.95. The molecule has 6 heteroatoms. The van der Waals surface area contributed by atoms with Gasteiger partial charge in [0.15, 0.2) is 0 Å². The van der Waals surface area contributed by atoms with Gasteiger partial charge < -0.3 is 14.6 Å². The van der Waals surface area contributed by atoms with Gasteiger partial charge in [0.1, 0.15) is 0 Å². The predicted molar refractivity (Wildman–Crippen MR) is 91.7 cm³/mol. The summed E-state index contributed by atoms with van der Waals surface area (Å²) in [6.45, 7) is 7.50. The summed E-state index contributed by atoms with van der Waals surface area (Å²) < 4.78 is 5.60. The van der Waals surface area contributed by atoms with Crippen molar-refractivity contribution in [1.29, 1.82) is 0 Å². The number of benzene rings is 1. The summed E-state index contributed by atoms with van der Waals surface area (Å²) in [5.41, 5.74) is 2.14. The average Bonchev–Trinajstić information content (AvgIpc) is 3.22. The van der Waals surface area contributed by atoms with E-state index in [-0.39, 0.29) is 17.9 Å². The molecule has 1 aromatic carbocycles. The molecule has 0 unspecified atom stereocenters. The summed E-state index contributed by atoms with van der Waals surface area (Å²) in [7, 11) is 0. The molecule has 0 aliphatic carbocycles. The van der Waals surface area contributed by atoms with Gasteiger partial charge in [-0.1, -0.05) is 26.0 Å². The molecular weight excluding hydrogens is 304 g/mol. The maximum atomic E-state index is 11.8. The number of nitrogens with zero attached hydrogens (tertiary/aromatic N) is 3. The number of aromatic nitrogens is 2. The first-order valence-electron chi connectivity index (χ1n) is 8.50. The normalized spacial score (nSPS) is 16.2. The van der Waals surface area contributed by atoms with Crippen molar-refractivity contribution in [3.63, 3.8) is 0 Å². The van der Waals surface area contributed by atoms with Crippen LogP contribution in [-0.2, 0) is 11.3 Å². The number of anilines is 1. The molecule has 1 N–H and O–H groups in total. The Labute approximate surface area is 142 Å². The van der Waals surface area contributed by atoms with Gasteiger partial charge in [-0.3, -0.25) is 4.79 Å². The Bertz CT molecular complexity index is 693. The summed E-state index contributed by atoms with van der Waals surface area (Å²) in [5.74, 6) is 1.72. The van der Waals surface area contributed by atoms with Crippen LogP contribution in [0.4, 0.5) is 5.69 Å². The molecule has 0 radical (unpaired) electrons. The summed E-state index contributed by atoms with van der Waals surface area (Å²) in [5, 5.41) is 11.5. The van der Waals surface area contributed by atoms with E-state index in [2.05, 4.69) is 34.6 Å². The summed E-state index contributed by atoms with van der Waals surface area (Å²) in [4.78, 5) is 13.6. The maximum Gasteiger partial charge on any atom is 0.230 e. The van der Waals surface area contributed by atoms with Crippen LogP contribution in [0.1, 0.15) is 62.9 Å². The van der Waals surface area contributed by atoms with Crippen molar-refractivity contribution in [3.05, 3.63) is 41.6 Å². The zero-order valence-electron chi connectivity index (χ0n) is 14.5. The maximum absolute atomic E-state index is 11.8. The Morgan fingerprint density at radius 2 is 1.96 bits per heavy atom. The first-order valence-corrected chi connectivity index (χ1v) is 8.50. The molecule has 3 rings (SSSR count). The van der Waals surface area contributed by atoms with E-state index in [9.17, 15) is 4.79 Å². The fourth-order valence-electron chi connectivity index (χ4n) is 2.79. The van der Waals surface area contributed by atoms with Gasteiger partial charge in [-0.15, -0.1) is 10.2 Å². The standard InChI is InChI=1S/C18H24N4O2/c1-12(2)18-21-20-16(24-18)11-19-13(3)14-6-8-15(9-7-14)22-10-4-5-17(22)23/h6-9,12-13,19H,4-5,10-11H2,1-3H3/t13-/m0/s1. The van der Waals surface area contributed by atoms with Crippen LogP contribution in [-0.4, -0.2) is 22.6 Å². The second-order valence-corrected chi connectivity index (χ2v) is 6.53. The lowest BCUT2D eigenvalue weighted by atomic mass is 10.1. The minimum absolute atomic E-state index is 0.155. The lowest BCUT2D eigenvalue weighted by molar-refractivity contribution is -0.117. The topological polar surface area (TPSA) is 71.3 Å². The van der Waals surface area contributed by atoms with Gasteiger partial charge in [0.25, 0.3) is 0 Å². The number of rotatable bonds is 6. The molecule has 0 bridgehead atoms. The van der Waals surface area contributed by atoms with Crippen LogP contribution >= 0.6 is 0 Å². The van der Waals surface area contributed by atoms with Crippen LogP contribution in [0, 0.1) is 0 Å². The van der Waals surface area contributed by atoms with E-state index in [1.165, 1.54) is 0 Å². The van der Waals surface area contributed by atoms with Crippen LogP contribution < -0.4 is 10.2 Å². The summed E-state index contributed by atoms with van der Waals surface area (Å²) in [6, 6.07) is 8.31. The predicted octanol–water partition coefficient (Wildman–Crippen LogP) is 3.17. The number of amides is 1. The molecule has 1 aromatic heterocycles. The third-order valence-corrected chi connectivity index (χ3v) is 4.31. The Balaban J connectivity index is 1.58. The molecule has 128 valence electrons. The first-order chi connectivity index (χ1) is 11.5. The monoisotopic (exact) mass is 328 g/mol. The largest absolute Gasteiger partial charge is 0.424 e. The first kappa shape index (κ1) is 16.6. The van der Waals surface area contributed by atoms with Crippen LogP contribution in [0.2, 0.25) is 0 Å². The Kier molecular flexibility index (Phi) is 4.94. The molecular formula is C18H24N4O2. The molecule has 1 aliphatic rings. The summed E-state index contributed by atoms with van der Waals surface area (Å²) >= 11 is 0. The molecule has 24 heavy (non-hydrogen) atoms. The average molecular weight is 328 g/mol. The van der Waals surface area contributed by atoms with E-state index >= 15 is 0 Å². The van der Waals surface area contributed by atoms with E-state index in [4.69, 9.17) is 4.42 Å². The van der Waals surface area contributed by atoms with Crippen molar-refractivity contribution >= 4 is 11.6 Å². The van der Waals surface area contributed by atoms with E-state index in [0.717, 1.165) is 24.2 Å². The van der Waals surface area contributed by atoms with Gasteiger partial charge in [-0.2, -0.15) is 0 Å². The number of carbonyl (C=O) groups excluding carboxylic acids is 1. The second kappa shape index (κ2) is 7.13. The number of carbonyl (C=O) groups is 1. The van der Waals surface area contributed by atoms with Gasteiger partial charge in [-0.05, 0) is 31.0 Å². The quantitative estimate of drug-likeness (QED) is 0.882. The van der Waals surface area contributed by atoms with Crippen molar-refractivity contribution in [3.8, 4) is 0 Å². The fraction of sp³-hybridized carbons (Fsp3) is 0.500. The molecule has 1 aliphatic heterocycles. The van der Waals surface area contributed by atoms with Crippen LogP contribution in [0.15, 0.2) is 28.7 Å². The minimum atomic E-state index is 0.155. The highest BCUT2D eigenvalue weighted by atomic mass is 16.4. The van der Waals surface area contributed by atoms with Crippen LogP contribution in [0.3, 0.4) is 0 Å². The molecule has 2 aromatic rings. The number of hydrogen-bond acceptors (Lipinski definition) is 5. The van der Waals surface area contributed by atoms with Gasteiger partial charge in [0.2, 0.25) is 17.7 Å². The van der Waals surface area contributed by atoms with Gasteiger partial charge in [0.05, 0.1) is 6.54 Å². The van der Waals surface area contributed by atoms with E-state index in [1.54, 1.807) is 0 Å². The third-order valence-electron chi connectivity index (χ3n) is 4.31. The molecule has 2 heterocycles. The lowest BCUT2D eigenvalue weighted by Crippen LogP contribution is -2.23. The molecule has 0 saturated carbocycles. The Morgan fingerprint density at radius 1 is 1.21 bits per heavy atom. The second-order valence-electron chi connectivity index (χ2n) is 6.53. The zero-order valence-corrected chi connectivity index (χ0v) is 14.5. The minimum Gasteiger partial charge on any atom is -0.424 e. The van der Waals surface area contributed by atoms with Gasteiger partial charge >= 0.3 is 0 Å². The van der Waals surface area contributed by atoms with Crippen molar-refractivity contribution in [2.75, 3.05) is 11.4 Å². The van der Waals surface area contributed by atoms with Crippen molar-refractivity contribution in [2.24, 2.45) is 0 Å². The van der Waals surface area contributed by atoms with E-state index in [1.807, 2.05) is 30.9 Å². The molecule has 0 spiro atoms. The molecule has 1 saturated heterocycles. The van der Waals surface area contributed by atoms with Gasteiger partial charge in [0, 0.05) is 30.6 Å². The van der Waals surface area contributed by atoms with Crippen molar-refractivity contribution < 1.29 is 9.21 Å². The highest BCUT2D eigenvalue weighted by Crippen LogP contribution is 2.23. The van der Waals surface area contributed by atoms with Crippen LogP contribution in [0.25, 0.3) is 0 Å². The third kappa shape index (κ3) is 3.64. The Hall–Kier alpha value is -2.21.